The van der Waals surface area contributed by atoms with Crippen LogP contribution in [0.3, 0.4) is 0 Å². The number of Topliss-reactive ketones (excluding diaryl/α,β-unsaturated/α-hetero) is 1. The van der Waals surface area contributed by atoms with Gasteiger partial charge in [-0.05, 0) is 12.5 Å². The minimum Gasteiger partial charge on any atom is -0.337 e. The second-order valence-electron chi connectivity index (χ2n) is 7.43. The van der Waals surface area contributed by atoms with E-state index in [1.54, 1.807) is 24.2 Å². The Morgan fingerprint density at radius 1 is 1.03 bits per heavy atom. The highest BCUT2D eigenvalue weighted by Crippen LogP contribution is 2.19. The van der Waals surface area contributed by atoms with Gasteiger partial charge in [0.25, 0.3) is 5.91 Å². The second kappa shape index (κ2) is 7.22. The van der Waals surface area contributed by atoms with Gasteiger partial charge in [0.2, 0.25) is 5.78 Å². The van der Waals surface area contributed by atoms with Crippen molar-refractivity contribution in [3.8, 4) is 11.3 Å². The largest absolute Gasteiger partial charge is 0.337 e. The molecule has 5 rings (SSSR count). The summed E-state index contributed by atoms with van der Waals surface area (Å²) in [4.78, 5) is 36.4. The molecule has 0 bridgehead atoms. The van der Waals surface area contributed by atoms with Gasteiger partial charge in [-0.3, -0.25) is 18.7 Å². The van der Waals surface area contributed by atoms with Crippen LogP contribution in [0.5, 0.6) is 0 Å². The van der Waals surface area contributed by atoms with Crippen LogP contribution in [0, 0.1) is 0 Å². The standard InChI is InChI=1S/C22H20N6O2/c1-26-13-17(20(25-26)21(30)27-9-5-10-27)19(29)12-16-8-11-28-14-18(24-22(28)23-16)15-6-3-2-4-7-15/h2-4,6-8,11,13-14H,5,9-10,12H2,1H3. The molecule has 1 fully saturated rings. The maximum Gasteiger partial charge on any atom is 0.275 e. The van der Waals surface area contributed by atoms with Gasteiger partial charge in [-0.1, -0.05) is 30.3 Å². The van der Waals surface area contributed by atoms with Crippen molar-refractivity contribution in [3.63, 3.8) is 0 Å². The highest BCUT2D eigenvalue weighted by molar-refractivity contribution is 6.07. The number of ketones is 1. The molecule has 8 heteroatoms. The number of fused-ring (bicyclic) bond motifs is 1. The zero-order chi connectivity index (χ0) is 20.7. The average molecular weight is 400 g/mol. The molecule has 0 atom stereocenters. The Hall–Kier alpha value is -3.81. The Morgan fingerprint density at radius 2 is 1.83 bits per heavy atom. The summed E-state index contributed by atoms with van der Waals surface area (Å²) >= 11 is 0. The van der Waals surface area contributed by atoms with Crippen molar-refractivity contribution in [2.75, 3.05) is 13.1 Å². The highest BCUT2D eigenvalue weighted by atomic mass is 16.2. The van der Waals surface area contributed by atoms with E-state index in [-0.39, 0.29) is 23.8 Å². The first-order valence-electron chi connectivity index (χ1n) is 9.84. The van der Waals surface area contributed by atoms with Gasteiger partial charge in [-0.15, -0.1) is 0 Å². The molecule has 0 spiro atoms. The quantitative estimate of drug-likeness (QED) is 0.480. The number of likely N-dealkylation sites (tertiary alicyclic amines) is 1. The molecule has 30 heavy (non-hydrogen) atoms. The lowest BCUT2D eigenvalue weighted by molar-refractivity contribution is 0.0641. The van der Waals surface area contributed by atoms with Crippen molar-refractivity contribution in [3.05, 3.63) is 71.9 Å². The number of benzene rings is 1. The third kappa shape index (κ3) is 3.26. The first kappa shape index (κ1) is 18.2. The molecular weight excluding hydrogens is 380 g/mol. The molecule has 0 saturated carbocycles. The molecule has 8 nitrogen and oxygen atoms in total. The van der Waals surface area contributed by atoms with Crippen molar-refractivity contribution < 1.29 is 9.59 Å². The lowest BCUT2D eigenvalue weighted by Crippen LogP contribution is -2.42. The summed E-state index contributed by atoms with van der Waals surface area (Å²) in [6.07, 6.45) is 6.43. The number of imidazole rings is 1. The van der Waals surface area contributed by atoms with E-state index in [4.69, 9.17) is 0 Å². The summed E-state index contributed by atoms with van der Waals surface area (Å²) in [6.45, 7) is 1.43. The van der Waals surface area contributed by atoms with Gasteiger partial charge in [0, 0.05) is 44.3 Å². The van der Waals surface area contributed by atoms with Crippen molar-refractivity contribution in [1.82, 2.24) is 29.0 Å². The van der Waals surface area contributed by atoms with Crippen LogP contribution in [-0.4, -0.2) is 53.8 Å². The van der Waals surface area contributed by atoms with Crippen LogP contribution in [0.15, 0.2) is 55.0 Å². The Morgan fingerprint density at radius 3 is 2.57 bits per heavy atom. The minimum absolute atomic E-state index is 0.0794. The SMILES string of the molecule is Cn1cc(C(=O)Cc2ccn3cc(-c4ccccc4)nc3n2)c(C(=O)N2CCC2)n1. The molecule has 1 amide bonds. The van der Waals surface area contributed by atoms with E-state index in [0.29, 0.717) is 30.1 Å². The number of carbonyl (C=O) groups is 2. The van der Waals surface area contributed by atoms with Gasteiger partial charge in [0.05, 0.1) is 23.4 Å². The molecule has 3 aromatic heterocycles. The molecule has 0 radical (unpaired) electrons. The normalized spacial score (nSPS) is 13.4. The summed E-state index contributed by atoms with van der Waals surface area (Å²) in [6, 6.07) is 11.7. The van der Waals surface area contributed by atoms with Crippen LogP contribution < -0.4 is 0 Å². The van der Waals surface area contributed by atoms with Crippen molar-refractivity contribution in [1.29, 1.82) is 0 Å². The third-order valence-corrected chi connectivity index (χ3v) is 5.27. The zero-order valence-electron chi connectivity index (χ0n) is 16.5. The van der Waals surface area contributed by atoms with Gasteiger partial charge in [0.1, 0.15) is 0 Å². The van der Waals surface area contributed by atoms with E-state index >= 15 is 0 Å². The molecule has 0 aliphatic carbocycles. The number of hydrogen-bond donors (Lipinski definition) is 0. The van der Waals surface area contributed by atoms with E-state index in [1.807, 2.05) is 47.1 Å². The second-order valence-corrected chi connectivity index (χ2v) is 7.43. The van der Waals surface area contributed by atoms with Crippen LogP contribution in [0.1, 0.15) is 33.0 Å². The van der Waals surface area contributed by atoms with E-state index in [0.717, 1.165) is 17.7 Å². The fourth-order valence-electron chi connectivity index (χ4n) is 3.53. The Kier molecular flexibility index (Phi) is 4.39. The maximum atomic E-state index is 13.0. The third-order valence-electron chi connectivity index (χ3n) is 5.27. The lowest BCUT2D eigenvalue weighted by atomic mass is 10.1. The fraction of sp³-hybridized carbons (Fsp3) is 0.227. The Bertz CT molecular complexity index is 1250. The average Bonchev–Trinajstić information content (AvgIpc) is 3.30. The van der Waals surface area contributed by atoms with E-state index < -0.39 is 0 Å². The van der Waals surface area contributed by atoms with E-state index in [1.165, 1.54) is 4.68 Å². The van der Waals surface area contributed by atoms with Gasteiger partial charge < -0.3 is 4.90 Å². The summed E-state index contributed by atoms with van der Waals surface area (Å²) in [7, 11) is 1.71. The van der Waals surface area contributed by atoms with Crippen molar-refractivity contribution in [2.45, 2.75) is 12.8 Å². The van der Waals surface area contributed by atoms with Crippen LogP contribution in [0.25, 0.3) is 17.0 Å². The lowest BCUT2D eigenvalue weighted by Gasteiger charge is -2.30. The van der Waals surface area contributed by atoms with Gasteiger partial charge in [0.15, 0.2) is 11.5 Å². The summed E-state index contributed by atoms with van der Waals surface area (Å²) in [5.74, 6) is 0.162. The molecule has 0 N–H and O–H groups in total. The number of nitrogens with zero attached hydrogens (tertiary/aromatic N) is 6. The van der Waals surface area contributed by atoms with Crippen LogP contribution >= 0.6 is 0 Å². The zero-order valence-corrected chi connectivity index (χ0v) is 16.5. The highest BCUT2D eigenvalue weighted by Gasteiger charge is 2.28. The van der Waals surface area contributed by atoms with Gasteiger partial charge in [-0.2, -0.15) is 5.10 Å². The number of carbonyl (C=O) groups excluding carboxylic acids is 2. The number of aromatic nitrogens is 5. The van der Waals surface area contributed by atoms with Crippen LogP contribution in [0.2, 0.25) is 0 Å². The number of hydrogen-bond acceptors (Lipinski definition) is 5. The summed E-state index contributed by atoms with van der Waals surface area (Å²) < 4.78 is 3.34. The molecule has 1 aromatic carbocycles. The van der Waals surface area contributed by atoms with Gasteiger partial charge >= 0.3 is 0 Å². The van der Waals surface area contributed by atoms with E-state index in [2.05, 4.69) is 15.1 Å². The number of rotatable bonds is 5. The first-order valence-corrected chi connectivity index (χ1v) is 9.84. The molecule has 0 unspecified atom stereocenters. The number of aryl methyl sites for hydroxylation is 1. The molecule has 4 heterocycles. The molecule has 4 aromatic rings. The maximum absolute atomic E-state index is 13.0. The fourth-order valence-corrected chi connectivity index (χ4v) is 3.53. The molecule has 150 valence electrons. The minimum atomic E-state index is -0.186. The molecule has 1 aliphatic rings. The predicted molar refractivity (Wildman–Crippen MR) is 110 cm³/mol. The molecule has 1 saturated heterocycles. The molecule has 1 aliphatic heterocycles. The van der Waals surface area contributed by atoms with Crippen molar-refractivity contribution in [2.24, 2.45) is 7.05 Å². The first-order chi connectivity index (χ1) is 14.6. The van der Waals surface area contributed by atoms with Crippen molar-refractivity contribution >= 4 is 17.5 Å². The van der Waals surface area contributed by atoms with Crippen LogP contribution in [-0.2, 0) is 13.5 Å². The van der Waals surface area contributed by atoms with Gasteiger partial charge in [-0.25, -0.2) is 9.97 Å². The Balaban J connectivity index is 1.40. The van der Waals surface area contributed by atoms with Crippen LogP contribution in [0.4, 0.5) is 0 Å². The topological polar surface area (TPSA) is 85.4 Å². The smallest absolute Gasteiger partial charge is 0.275 e. The predicted octanol–water partition coefficient (Wildman–Crippen LogP) is 2.40. The number of amides is 1. The monoisotopic (exact) mass is 400 g/mol. The van der Waals surface area contributed by atoms with E-state index in [9.17, 15) is 9.59 Å². The Labute approximate surface area is 172 Å². The summed E-state index contributed by atoms with van der Waals surface area (Å²) in [5.41, 5.74) is 2.98. The molecular formula is C22H20N6O2. The summed E-state index contributed by atoms with van der Waals surface area (Å²) in [5, 5.41) is 4.23.